The Morgan fingerprint density at radius 1 is 1.16 bits per heavy atom. The minimum absolute atomic E-state index is 0.702. The predicted molar refractivity (Wildman–Crippen MR) is 82.3 cm³/mol. The zero-order chi connectivity index (χ0) is 14.4. The van der Waals surface area contributed by atoms with Gasteiger partial charge in [0, 0.05) is 12.7 Å². The summed E-state index contributed by atoms with van der Waals surface area (Å²) >= 11 is 0. The fourth-order valence-corrected chi connectivity index (χ4v) is 2.63. The van der Waals surface area contributed by atoms with E-state index in [-0.39, 0.29) is 0 Å². The van der Waals surface area contributed by atoms with Gasteiger partial charge in [0.25, 0.3) is 0 Å². The lowest BCUT2D eigenvalue weighted by Gasteiger charge is -2.20. The molecule has 0 bridgehead atoms. The van der Waals surface area contributed by atoms with Crippen molar-refractivity contribution in [2.24, 2.45) is 24.8 Å². The van der Waals surface area contributed by atoms with Crippen LogP contribution in [-0.4, -0.2) is 22.9 Å². The van der Waals surface area contributed by atoms with Crippen LogP contribution < -0.4 is 5.32 Å². The monoisotopic (exact) mass is 265 g/mol. The standard InChI is InChI=1S/C16H31N3/c1-12(2)7-15(11-17-10-13(3)4)9-16-8-14(5)18-19(16)6/h8,12-13,15,17H,7,9-11H2,1-6H3. The van der Waals surface area contributed by atoms with Gasteiger partial charge in [-0.25, -0.2) is 0 Å². The predicted octanol–water partition coefficient (Wildman–Crippen LogP) is 3.18. The molecule has 0 fully saturated rings. The Hall–Kier alpha value is -0.830. The molecule has 1 N–H and O–H groups in total. The smallest absolute Gasteiger partial charge is 0.0596 e. The molecule has 3 heteroatoms. The molecule has 0 amide bonds. The van der Waals surface area contributed by atoms with Crippen molar-refractivity contribution in [1.82, 2.24) is 15.1 Å². The van der Waals surface area contributed by atoms with Crippen LogP contribution in [0.25, 0.3) is 0 Å². The van der Waals surface area contributed by atoms with Gasteiger partial charge in [-0.1, -0.05) is 27.7 Å². The first kappa shape index (κ1) is 16.2. The molecule has 1 heterocycles. The topological polar surface area (TPSA) is 29.9 Å². The van der Waals surface area contributed by atoms with Gasteiger partial charge in [-0.2, -0.15) is 5.10 Å². The normalized spacial score (nSPS) is 13.5. The summed E-state index contributed by atoms with van der Waals surface area (Å²) in [5.41, 5.74) is 2.48. The van der Waals surface area contributed by atoms with Crippen LogP contribution in [0.2, 0.25) is 0 Å². The molecule has 3 nitrogen and oxygen atoms in total. The number of hydrogen-bond acceptors (Lipinski definition) is 2. The van der Waals surface area contributed by atoms with Gasteiger partial charge in [0.2, 0.25) is 0 Å². The molecular weight excluding hydrogens is 234 g/mol. The maximum Gasteiger partial charge on any atom is 0.0596 e. The summed E-state index contributed by atoms with van der Waals surface area (Å²) in [5.74, 6) is 2.17. The van der Waals surface area contributed by atoms with Gasteiger partial charge < -0.3 is 5.32 Å². The van der Waals surface area contributed by atoms with Crippen LogP contribution >= 0.6 is 0 Å². The van der Waals surface area contributed by atoms with Gasteiger partial charge >= 0.3 is 0 Å². The van der Waals surface area contributed by atoms with E-state index in [9.17, 15) is 0 Å². The van der Waals surface area contributed by atoms with Gasteiger partial charge in [-0.15, -0.1) is 0 Å². The molecule has 0 saturated carbocycles. The lowest BCUT2D eigenvalue weighted by atomic mass is 9.92. The van der Waals surface area contributed by atoms with Crippen molar-refractivity contribution in [1.29, 1.82) is 0 Å². The van der Waals surface area contributed by atoms with Crippen molar-refractivity contribution < 1.29 is 0 Å². The van der Waals surface area contributed by atoms with E-state index in [0.717, 1.165) is 37.0 Å². The lowest BCUT2D eigenvalue weighted by Crippen LogP contribution is -2.28. The van der Waals surface area contributed by atoms with Crippen LogP contribution in [0.3, 0.4) is 0 Å². The Labute approximate surface area is 118 Å². The molecule has 1 unspecified atom stereocenters. The van der Waals surface area contributed by atoms with Crippen molar-refractivity contribution >= 4 is 0 Å². The first-order valence-electron chi connectivity index (χ1n) is 7.58. The second kappa shape index (κ2) is 7.68. The fraction of sp³-hybridized carbons (Fsp3) is 0.812. The molecule has 1 aromatic heterocycles. The molecule has 110 valence electrons. The summed E-state index contributed by atoms with van der Waals surface area (Å²) in [6.45, 7) is 13.4. The summed E-state index contributed by atoms with van der Waals surface area (Å²) in [5, 5.41) is 8.06. The molecule has 0 radical (unpaired) electrons. The summed E-state index contributed by atoms with van der Waals surface area (Å²) in [6, 6.07) is 2.22. The molecule has 0 spiro atoms. The van der Waals surface area contributed by atoms with Crippen LogP contribution in [0.1, 0.15) is 45.5 Å². The summed E-state index contributed by atoms with van der Waals surface area (Å²) in [7, 11) is 2.05. The van der Waals surface area contributed by atoms with Gasteiger partial charge in [-0.05, 0) is 56.7 Å². The van der Waals surface area contributed by atoms with E-state index in [1.807, 2.05) is 4.68 Å². The van der Waals surface area contributed by atoms with E-state index in [1.54, 1.807) is 0 Å². The number of nitrogens with one attached hydrogen (secondary N) is 1. The van der Waals surface area contributed by atoms with Gasteiger partial charge in [0.15, 0.2) is 0 Å². The Morgan fingerprint density at radius 2 is 1.84 bits per heavy atom. The van der Waals surface area contributed by atoms with Crippen molar-refractivity contribution in [2.75, 3.05) is 13.1 Å². The molecule has 0 aliphatic rings. The van der Waals surface area contributed by atoms with E-state index in [4.69, 9.17) is 0 Å². The van der Waals surface area contributed by atoms with Crippen molar-refractivity contribution in [3.8, 4) is 0 Å². The third kappa shape index (κ3) is 6.24. The maximum absolute atomic E-state index is 4.45. The number of aromatic nitrogens is 2. The first-order chi connectivity index (χ1) is 8.88. The molecule has 0 saturated heterocycles. The summed E-state index contributed by atoms with van der Waals surface area (Å²) < 4.78 is 2.03. The van der Waals surface area contributed by atoms with Crippen molar-refractivity contribution in [2.45, 2.75) is 47.5 Å². The Balaban J connectivity index is 2.55. The van der Waals surface area contributed by atoms with Crippen LogP contribution in [0.5, 0.6) is 0 Å². The zero-order valence-electron chi connectivity index (χ0n) is 13.5. The van der Waals surface area contributed by atoms with Gasteiger partial charge in [-0.3, -0.25) is 4.68 Å². The molecular formula is C16H31N3. The third-order valence-corrected chi connectivity index (χ3v) is 3.39. The average Bonchev–Trinajstić information content (AvgIpc) is 2.55. The van der Waals surface area contributed by atoms with Gasteiger partial charge in [0.1, 0.15) is 0 Å². The second-order valence-corrected chi connectivity index (χ2v) is 6.65. The molecule has 0 aromatic carbocycles. The molecule has 1 aromatic rings. The first-order valence-corrected chi connectivity index (χ1v) is 7.58. The Morgan fingerprint density at radius 3 is 2.32 bits per heavy atom. The maximum atomic E-state index is 4.45. The van der Waals surface area contributed by atoms with Crippen LogP contribution in [0.15, 0.2) is 6.07 Å². The lowest BCUT2D eigenvalue weighted by molar-refractivity contribution is 0.370. The number of aryl methyl sites for hydroxylation is 2. The van der Waals surface area contributed by atoms with E-state index < -0.39 is 0 Å². The Bertz CT molecular complexity index is 366. The number of rotatable bonds is 8. The minimum Gasteiger partial charge on any atom is -0.316 e. The fourth-order valence-electron chi connectivity index (χ4n) is 2.63. The average molecular weight is 265 g/mol. The zero-order valence-corrected chi connectivity index (χ0v) is 13.5. The number of hydrogen-bond donors (Lipinski definition) is 1. The molecule has 1 rings (SSSR count). The van der Waals surface area contributed by atoms with E-state index in [0.29, 0.717) is 5.92 Å². The highest BCUT2D eigenvalue weighted by atomic mass is 15.3. The second-order valence-electron chi connectivity index (χ2n) is 6.65. The molecule has 0 aliphatic carbocycles. The van der Waals surface area contributed by atoms with Gasteiger partial charge in [0.05, 0.1) is 5.69 Å². The molecule has 1 atom stereocenters. The van der Waals surface area contributed by atoms with E-state index in [2.05, 4.69) is 58.1 Å². The summed E-state index contributed by atoms with van der Waals surface area (Å²) in [4.78, 5) is 0. The highest BCUT2D eigenvalue weighted by molar-refractivity contribution is 5.09. The van der Waals surface area contributed by atoms with Crippen molar-refractivity contribution in [3.05, 3.63) is 17.5 Å². The third-order valence-electron chi connectivity index (χ3n) is 3.39. The Kier molecular flexibility index (Phi) is 6.56. The van der Waals surface area contributed by atoms with E-state index >= 15 is 0 Å². The van der Waals surface area contributed by atoms with Crippen LogP contribution in [0.4, 0.5) is 0 Å². The molecule has 0 aliphatic heterocycles. The largest absolute Gasteiger partial charge is 0.316 e. The van der Waals surface area contributed by atoms with Crippen LogP contribution in [-0.2, 0) is 13.5 Å². The summed E-state index contributed by atoms with van der Waals surface area (Å²) in [6.07, 6.45) is 2.40. The van der Waals surface area contributed by atoms with Crippen molar-refractivity contribution in [3.63, 3.8) is 0 Å². The number of nitrogens with zero attached hydrogens (tertiary/aromatic N) is 2. The quantitative estimate of drug-likeness (QED) is 0.782. The highest BCUT2D eigenvalue weighted by Gasteiger charge is 2.14. The molecule has 19 heavy (non-hydrogen) atoms. The van der Waals surface area contributed by atoms with Crippen LogP contribution in [0, 0.1) is 24.7 Å². The van der Waals surface area contributed by atoms with E-state index in [1.165, 1.54) is 12.1 Å². The highest BCUT2D eigenvalue weighted by Crippen LogP contribution is 2.17. The SMILES string of the molecule is Cc1cc(CC(CNCC(C)C)CC(C)C)n(C)n1. The minimum atomic E-state index is 0.702.